The first kappa shape index (κ1) is 14.8. The van der Waals surface area contributed by atoms with Crippen molar-refractivity contribution >= 4 is 5.97 Å². The fourth-order valence-electron chi connectivity index (χ4n) is 3.42. The van der Waals surface area contributed by atoms with E-state index in [1.165, 1.54) is 5.56 Å². The second kappa shape index (κ2) is 6.32. The Labute approximate surface area is 131 Å². The average Bonchev–Trinajstić information content (AvgIpc) is 2.93. The van der Waals surface area contributed by atoms with Gasteiger partial charge in [-0.15, -0.1) is 0 Å². The van der Waals surface area contributed by atoms with Gasteiger partial charge in [0.1, 0.15) is 5.54 Å². The molecular weight excluding hydrogens is 274 g/mol. The van der Waals surface area contributed by atoms with Gasteiger partial charge in [-0.2, -0.15) is 0 Å². The lowest BCUT2D eigenvalue weighted by atomic mass is 9.88. The summed E-state index contributed by atoms with van der Waals surface area (Å²) in [7, 11) is 0. The monoisotopic (exact) mass is 295 g/mol. The fraction of sp³-hybridized carbons (Fsp3) is 0.316. The molecule has 0 aromatic heterocycles. The molecule has 2 aromatic rings. The number of benzene rings is 2. The summed E-state index contributed by atoms with van der Waals surface area (Å²) in [5.41, 5.74) is 1.48. The lowest BCUT2D eigenvalue weighted by Crippen LogP contribution is -2.51. The maximum atomic E-state index is 12.1. The van der Waals surface area contributed by atoms with Crippen molar-refractivity contribution in [2.24, 2.45) is 0 Å². The number of carboxylic acid groups (broad SMARTS) is 1. The summed E-state index contributed by atoms with van der Waals surface area (Å²) in [6.07, 6.45) is 2.21. The van der Waals surface area contributed by atoms with Crippen LogP contribution in [0, 0.1) is 0 Å². The highest BCUT2D eigenvalue weighted by Crippen LogP contribution is 2.34. The Kier molecular flexibility index (Phi) is 4.25. The number of hydrogen-bond acceptors (Lipinski definition) is 2. The normalized spacial score (nSPS) is 21.8. The maximum absolute atomic E-state index is 12.1. The van der Waals surface area contributed by atoms with E-state index in [-0.39, 0.29) is 0 Å². The third kappa shape index (κ3) is 2.90. The van der Waals surface area contributed by atoms with Crippen molar-refractivity contribution in [1.29, 1.82) is 0 Å². The van der Waals surface area contributed by atoms with Crippen LogP contribution in [-0.4, -0.2) is 28.1 Å². The Morgan fingerprint density at radius 3 is 2.18 bits per heavy atom. The van der Waals surface area contributed by atoms with Gasteiger partial charge in [0.05, 0.1) is 0 Å². The highest BCUT2D eigenvalue weighted by atomic mass is 16.4. The van der Waals surface area contributed by atoms with Gasteiger partial charge in [0.25, 0.3) is 0 Å². The van der Waals surface area contributed by atoms with Crippen molar-refractivity contribution in [2.45, 2.75) is 31.3 Å². The van der Waals surface area contributed by atoms with Crippen LogP contribution in [0.4, 0.5) is 0 Å². The zero-order valence-electron chi connectivity index (χ0n) is 12.6. The van der Waals surface area contributed by atoms with Gasteiger partial charge in [0.15, 0.2) is 0 Å². The predicted molar refractivity (Wildman–Crippen MR) is 86.6 cm³/mol. The zero-order valence-corrected chi connectivity index (χ0v) is 12.6. The lowest BCUT2D eigenvalue weighted by Gasteiger charge is -2.35. The highest BCUT2D eigenvalue weighted by Gasteiger charge is 2.47. The van der Waals surface area contributed by atoms with Crippen LogP contribution in [0.1, 0.15) is 24.0 Å². The van der Waals surface area contributed by atoms with Gasteiger partial charge >= 0.3 is 5.97 Å². The molecule has 1 fully saturated rings. The first-order valence-electron chi connectivity index (χ1n) is 7.77. The Morgan fingerprint density at radius 1 is 1.00 bits per heavy atom. The molecule has 0 aliphatic carbocycles. The van der Waals surface area contributed by atoms with Gasteiger partial charge in [0.2, 0.25) is 0 Å². The molecule has 1 aliphatic rings. The van der Waals surface area contributed by atoms with Crippen LogP contribution in [0.15, 0.2) is 60.7 Å². The smallest absolute Gasteiger partial charge is 0.324 e. The number of carbonyl (C=O) groups is 1. The van der Waals surface area contributed by atoms with E-state index in [0.29, 0.717) is 19.4 Å². The van der Waals surface area contributed by atoms with E-state index in [1.54, 1.807) is 0 Å². The molecule has 114 valence electrons. The van der Waals surface area contributed by atoms with Gasteiger partial charge in [-0.3, -0.25) is 9.69 Å². The molecule has 1 unspecified atom stereocenters. The number of aliphatic carboxylic acids is 1. The number of nitrogens with zero attached hydrogens (tertiary/aromatic N) is 1. The third-order valence-electron chi connectivity index (χ3n) is 4.58. The van der Waals surface area contributed by atoms with E-state index < -0.39 is 11.5 Å². The van der Waals surface area contributed by atoms with E-state index in [0.717, 1.165) is 18.5 Å². The molecule has 0 saturated carbocycles. The first-order valence-corrected chi connectivity index (χ1v) is 7.77. The second-order valence-electron chi connectivity index (χ2n) is 6.01. The molecule has 1 atom stereocenters. The molecule has 22 heavy (non-hydrogen) atoms. The SMILES string of the molecule is O=C(O)C1(Cc2ccccc2)CCCN1Cc1ccccc1. The third-order valence-corrected chi connectivity index (χ3v) is 4.58. The Balaban J connectivity index is 1.86. The lowest BCUT2D eigenvalue weighted by molar-refractivity contribution is -0.150. The molecule has 0 radical (unpaired) electrons. The highest BCUT2D eigenvalue weighted by molar-refractivity contribution is 5.79. The summed E-state index contributed by atoms with van der Waals surface area (Å²) < 4.78 is 0. The second-order valence-corrected chi connectivity index (χ2v) is 6.01. The number of rotatable bonds is 5. The van der Waals surface area contributed by atoms with Crippen molar-refractivity contribution in [3.63, 3.8) is 0 Å². The van der Waals surface area contributed by atoms with Gasteiger partial charge in [-0.05, 0) is 30.5 Å². The van der Waals surface area contributed by atoms with E-state index in [2.05, 4.69) is 17.0 Å². The molecule has 0 spiro atoms. The van der Waals surface area contributed by atoms with Crippen molar-refractivity contribution in [3.05, 3.63) is 71.8 Å². The summed E-state index contributed by atoms with van der Waals surface area (Å²) >= 11 is 0. The summed E-state index contributed by atoms with van der Waals surface area (Å²) in [6.45, 7) is 1.54. The summed E-state index contributed by atoms with van der Waals surface area (Å²) in [5, 5.41) is 9.93. The van der Waals surface area contributed by atoms with Crippen molar-refractivity contribution in [3.8, 4) is 0 Å². The predicted octanol–water partition coefficient (Wildman–Crippen LogP) is 3.35. The van der Waals surface area contributed by atoms with Gasteiger partial charge in [0, 0.05) is 13.0 Å². The largest absolute Gasteiger partial charge is 0.480 e. The van der Waals surface area contributed by atoms with Crippen LogP contribution in [0.3, 0.4) is 0 Å². The van der Waals surface area contributed by atoms with Crippen LogP contribution < -0.4 is 0 Å². The molecule has 1 N–H and O–H groups in total. The summed E-state index contributed by atoms with van der Waals surface area (Å²) in [4.78, 5) is 14.2. The van der Waals surface area contributed by atoms with E-state index in [4.69, 9.17) is 0 Å². The molecule has 1 heterocycles. The van der Waals surface area contributed by atoms with E-state index >= 15 is 0 Å². The standard InChI is InChI=1S/C19H21NO2/c21-18(22)19(14-16-8-3-1-4-9-16)12-7-13-20(19)15-17-10-5-2-6-11-17/h1-6,8-11H,7,12-15H2,(H,21,22). The Bertz CT molecular complexity index is 626. The van der Waals surface area contributed by atoms with Gasteiger partial charge < -0.3 is 5.11 Å². The molecule has 1 saturated heterocycles. The summed E-state index contributed by atoms with van der Waals surface area (Å²) in [6, 6.07) is 20.1. The van der Waals surface area contributed by atoms with Crippen molar-refractivity contribution < 1.29 is 9.90 Å². The topological polar surface area (TPSA) is 40.5 Å². The average molecular weight is 295 g/mol. The minimum atomic E-state index is -0.781. The molecule has 0 amide bonds. The van der Waals surface area contributed by atoms with Crippen LogP contribution in [-0.2, 0) is 17.8 Å². The quantitative estimate of drug-likeness (QED) is 0.919. The molecule has 3 nitrogen and oxygen atoms in total. The van der Waals surface area contributed by atoms with Gasteiger partial charge in [-0.1, -0.05) is 60.7 Å². The molecule has 0 bridgehead atoms. The van der Waals surface area contributed by atoms with Crippen LogP contribution in [0.25, 0.3) is 0 Å². The van der Waals surface area contributed by atoms with Gasteiger partial charge in [-0.25, -0.2) is 0 Å². The van der Waals surface area contributed by atoms with Crippen LogP contribution in [0.5, 0.6) is 0 Å². The minimum Gasteiger partial charge on any atom is -0.480 e. The minimum absolute atomic E-state index is 0.565. The molecule has 3 heteroatoms. The van der Waals surface area contributed by atoms with Crippen molar-refractivity contribution in [2.75, 3.05) is 6.54 Å². The van der Waals surface area contributed by atoms with E-state index in [1.807, 2.05) is 48.5 Å². The zero-order chi connectivity index (χ0) is 15.4. The first-order chi connectivity index (χ1) is 10.7. The molecular formula is C19H21NO2. The number of likely N-dealkylation sites (tertiary alicyclic amines) is 1. The summed E-state index contributed by atoms with van der Waals surface area (Å²) in [5.74, 6) is -0.704. The fourth-order valence-corrected chi connectivity index (χ4v) is 3.42. The Hall–Kier alpha value is -2.13. The Morgan fingerprint density at radius 2 is 1.59 bits per heavy atom. The molecule has 3 rings (SSSR count). The maximum Gasteiger partial charge on any atom is 0.324 e. The van der Waals surface area contributed by atoms with Crippen molar-refractivity contribution in [1.82, 2.24) is 4.90 Å². The van der Waals surface area contributed by atoms with Crippen LogP contribution in [0.2, 0.25) is 0 Å². The molecule has 2 aromatic carbocycles. The van der Waals surface area contributed by atoms with Crippen LogP contribution >= 0.6 is 0 Å². The number of carboxylic acids is 1. The molecule has 1 aliphatic heterocycles. The van der Waals surface area contributed by atoms with E-state index in [9.17, 15) is 9.90 Å². The number of hydrogen-bond donors (Lipinski definition) is 1.